The Balaban J connectivity index is 1.42. The van der Waals surface area contributed by atoms with E-state index in [1.54, 1.807) is 0 Å². The number of hydrogen-bond donors (Lipinski definition) is 0. The second kappa shape index (κ2) is 9.70. The predicted octanol–water partition coefficient (Wildman–Crippen LogP) is 5.80. The van der Waals surface area contributed by atoms with Gasteiger partial charge in [0, 0.05) is 0 Å². The number of ether oxygens (including phenoxy) is 3. The van der Waals surface area contributed by atoms with Gasteiger partial charge in [-0.05, 0) is 74.6 Å². The third-order valence-electron chi connectivity index (χ3n) is 5.69. The Morgan fingerprint density at radius 3 is 2.30 bits per heavy atom. The van der Waals surface area contributed by atoms with Crippen molar-refractivity contribution in [3.63, 3.8) is 0 Å². The van der Waals surface area contributed by atoms with Crippen LogP contribution in [0.5, 0.6) is 5.75 Å². The molecule has 1 saturated heterocycles. The molecule has 1 aliphatic heterocycles. The molecule has 3 rings (SSSR count). The molecule has 0 atom stereocenters. The minimum absolute atomic E-state index is 0.139. The molecular formula is C23H33FO3. The van der Waals surface area contributed by atoms with Crippen LogP contribution in [-0.2, 0) is 9.47 Å². The summed E-state index contributed by atoms with van der Waals surface area (Å²) in [7, 11) is 0. The molecule has 3 nitrogen and oxygen atoms in total. The zero-order valence-electron chi connectivity index (χ0n) is 16.7. The lowest BCUT2D eigenvalue weighted by Crippen LogP contribution is -2.43. The number of rotatable bonds is 7. The molecule has 27 heavy (non-hydrogen) atoms. The molecule has 150 valence electrons. The summed E-state index contributed by atoms with van der Waals surface area (Å²) in [4.78, 5) is 0. The number of benzene rings is 1. The molecule has 0 N–H and O–H groups in total. The van der Waals surface area contributed by atoms with Crippen LogP contribution in [0.1, 0.15) is 63.9 Å². The van der Waals surface area contributed by atoms with E-state index in [2.05, 4.69) is 30.3 Å². The predicted molar refractivity (Wildman–Crippen MR) is 106 cm³/mol. The van der Waals surface area contributed by atoms with Crippen molar-refractivity contribution < 1.29 is 18.6 Å². The van der Waals surface area contributed by atoms with E-state index in [0.29, 0.717) is 24.9 Å². The quantitative estimate of drug-likeness (QED) is 0.563. The highest BCUT2D eigenvalue weighted by Gasteiger charge is 2.35. The third-order valence-corrected chi connectivity index (χ3v) is 5.69. The van der Waals surface area contributed by atoms with Gasteiger partial charge in [-0.25, -0.2) is 4.39 Å². The summed E-state index contributed by atoms with van der Waals surface area (Å²) in [6.45, 7) is 4.97. The lowest BCUT2D eigenvalue weighted by Gasteiger charge is -2.33. The van der Waals surface area contributed by atoms with Crippen molar-refractivity contribution in [2.75, 3.05) is 19.8 Å². The van der Waals surface area contributed by atoms with Gasteiger partial charge in [-0.15, -0.1) is 0 Å². The van der Waals surface area contributed by atoms with Gasteiger partial charge in [-0.1, -0.05) is 31.6 Å². The van der Waals surface area contributed by atoms with E-state index in [0.717, 1.165) is 12.2 Å². The molecule has 1 saturated carbocycles. The van der Waals surface area contributed by atoms with Gasteiger partial charge in [0.1, 0.15) is 5.75 Å². The van der Waals surface area contributed by atoms with Crippen LogP contribution in [0.4, 0.5) is 4.39 Å². The van der Waals surface area contributed by atoms with Crippen LogP contribution in [0, 0.1) is 5.92 Å². The first-order valence-electron chi connectivity index (χ1n) is 10.4. The van der Waals surface area contributed by atoms with Crippen molar-refractivity contribution in [2.24, 2.45) is 5.92 Å². The van der Waals surface area contributed by atoms with Gasteiger partial charge in [-0.3, -0.25) is 0 Å². The van der Waals surface area contributed by atoms with Gasteiger partial charge < -0.3 is 14.2 Å². The van der Waals surface area contributed by atoms with E-state index in [-0.39, 0.29) is 13.2 Å². The summed E-state index contributed by atoms with van der Waals surface area (Å²) >= 11 is 0. The van der Waals surface area contributed by atoms with E-state index < -0.39 is 12.0 Å². The highest BCUT2D eigenvalue weighted by atomic mass is 19.1. The smallest absolute Gasteiger partial charge is 0.177 e. The molecule has 0 bridgehead atoms. The van der Waals surface area contributed by atoms with Crippen molar-refractivity contribution in [2.45, 2.75) is 70.2 Å². The van der Waals surface area contributed by atoms with Crippen molar-refractivity contribution in [3.05, 3.63) is 42.0 Å². The maximum absolute atomic E-state index is 14.3. The highest BCUT2D eigenvalue weighted by molar-refractivity contribution is 5.29. The Hall–Kier alpha value is -1.39. The summed E-state index contributed by atoms with van der Waals surface area (Å²) in [6.07, 6.45) is 9.83. The fraction of sp³-hybridized carbons (Fsp3) is 0.652. The third kappa shape index (κ3) is 5.79. The minimum Gasteiger partial charge on any atom is -0.494 e. The molecular weight excluding hydrogens is 343 g/mol. The molecule has 1 heterocycles. The molecule has 0 amide bonds. The Labute approximate surface area is 162 Å². The summed E-state index contributed by atoms with van der Waals surface area (Å²) in [6, 6.07) is 8.56. The van der Waals surface area contributed by atoms with Crippen molar-refractivity contribution >= 4 is 0 Å². The summed E-state index contributed by atoms with van der Waals surface area (Å²) in [5.74, 6) is 2.14. The lowest BCUT2D eigenvalue weighted by molar-refractivity contribution is -0.213. The Morgan fingerprint density at radius 1 is 1.04 bits per heavy atom. The van der Waals surface area contributed by atoms with Gasteiger partial charge in [0.2, 0.25) is 0 Å². The SMILES string of the molecule is CCCC1(F)COC(/C=C/C2CCC(c3ccc(OCC)cc3)CC2)OC1. The lowest BCUT2D eigenvalue weighted by atomic mass is 9.78. The van der Waals surface area contributed by atoms with E-state index >= 15 is 0 Å². The topological polar surface area (TPSA) is 27.7 Å². The van der Waals surface area contributed by atoms with Gasteiger partial charge in [-0.2, -0.15) is 0 Å². The molecule has 2 fully saturated rings. The van der Waals surface area contributed by atoms with Crippen LogP contribution in [0.2, 0.25) is 0 Å². The summed E-state index contributed by atoms with van der Waals surface area (Å²) in [5, 5.41) is 0. The standard InChI is InChI=1S/C23H33FO3/c1-3-15-23(24)16-26-22(27-17-23)14-7-18-5-8-19(9-6-18)20-10-12-21(13-11-20)25-4-2/h7,10-14,18-19,22H,3-6,8-9,15-17H2,1-2H3/b14-7+. The van der Waals surface area contributed by atoms with Crippen LogP contribution in [-0.4, -0.2) is 31.8 Å². The Morgan fingerprint density at radius 2 is 1.70 bits per heavy atom. The second-order valence-corrected chi connectivity index (χ2v) is 7.89. The van der Waals surface area contributed by atoms with Crippen molar-refractivity contribution in [3.8, 4) is 5.75 Å². The first-order valence-corrected chi connectivity index (χ1v) is 10.4. The van der Waals surface area contributed by atoms with E-state index in [9.17, 15) is 4.39 Å². The fourth-order valence-corrected chi connectivity index (χ4v) is 4.15. The molecule has 2 aliphatic rings. The average molecular weight is 377 g/mol. The Bertz CT molecular complexity index is 582. The zero-order valence-corrected chi connectivity index (χ0v) is 16.7. The van der Waals surface area contributed by atoms with Crippen LogP contribution < -0.4 is 4.74 Å². The molecule has 1 aromatic rings. The largest absolute Gasteiger partial charge is 0.494 e. The van der Waals surface area contributed by atoms with Crippen LogP contribution in [0.3, 0.4) is 0 Å². The average Bonchev–Trinajstić information content (AvgIpc) is 2.69. The molecule has 1 aliphatic carbocycles. The van der Waals surface area contributed by atoms with Gasteiger partial charge >= 0.3 is 0 Å². The monoisotopic (exact) mass is 376 g/mol. The highest BCUT2D eigenvalue weighted by Crippen LogP contribution is 2.37. The van der Waals surface area contributed by atoms with Gasteiger partial charge in [0.25, 0.3) is 0 Å². The molecule has 0 unspecified atom stereocenters. The maximum Gasteiger partial charge on any atom is 0.177 e. The summed E-state index contributed by atoms with van der Waals surface area (Å²) < 4.78 is 31.0. The van der Waals surface area contributed by atoms with E-state index in [4.69, 9.17) is 14.2 Å². The first kappa shape index (κ1) is 20.3. The second-order valence-electron chi connectivity index (χ2n) is 7.89. The fourth-order valence-electron chi connectivity index (χ4n) is 4.15. The zero-order chi connectivity index (χ0) is 19.1. The van der Waals surface area contributed by atoms with E-state index in [1.807, 2.05) is 19.9 Å². The number of alkyl halides is 1. The van der Waals surface area contributed by atoms with Gasteiger partial charge in [0.05, 0.1) is 19.8 Å². The minimum atomic E-state index is -1.31. The molecule has 0 aromatic heterocycles. The number of halogens is 1. The van der Waals surface area contributed by atoms with Crippen molar-refractivity contribution in [1.82, 2.24) is 0 Å². The summed E-state index contributed by atoms with van der Waals surface area (Å²) in [5.41, 5.74) is 0.101. The Kier molecular flexibility index (Phi) is 7.31. The number of allylic oxidation sites excluding steroid dienone is 1. The van der Waals surface area contributed by atoms with Gasteiger partial charge in [0.15, 0.2) is 12.0 Å². The normalized spacial score (nSPS) is 31.9. The molecule has 0 spiro atoms. The van der Waals surface area contributed by atoms with Crippen LogP contribution in [0.25, 0.3) is 0 Å². The van der Waals surface area contributed by atoms with E-state index in [1.165, 1.54) is 31.2 Å². The van der Waals surface area contributed by atoms with Crippen molar-refractivity contribution in [1.29, 1.82) is 0 Å². The molecule has 4 heteroatoms. The molecule has 1 aromatic carbocycles. The first-order chi connectivity index (χ1) is 13.1. The maximum atomic E-state index is 14.3. The van der Waals surface area contributed by atoms with Crippen LogP contribution in [0.15, 0.2) is 36.4 Å². The van der Waals surface area contributed by atoms with Crippen LogP contribution >= 0.6 is 0 Å². The molecule has 0 radical (unpaired) electrons. The number of hydrogen-bond acceptors (Lipinski definition) is 3.